The second-order valence-corrected chi connectivity index (χ2v) is 6.45. The van der Waals surface area contributed by atoms with Gasteiger partial charge in [-0.1, -0.05) is 34.1 Å². The molecule has 2 nitrogen and oxygen atoms in total. The van der Waals surface area contributed by atoms with Gasteiger partial charge in [0.25, 0.3) is 0 Å². The molecule has 1 heterocycles. The number of benzene rings is 1. The molecule has 21 heavy (non-hydrogen) atoms. The van der Waals surface area contributed by atoms with Crippen molar-refractivity contribution in [3.05, 3.63) is 34.3 Å². The number of piperidine rings is 1. The smallest absolute Gasteiger partial charge is 0.324 e. The van der Waals surface area contributed by atoms with E-state index in [0.29, 0.717) is 19.4 Å². The summed E-state index contributed by atoms with van der Waals surface area (Å²) in [6.07, 6.45) is -2.57. The van der Waals surface area contributed by atoms with Crippen LogP contribution in [0.3, 0.4) is 0 Å². The first-order valence-corrected chi connectivity index (χ1v) is 7.96. The number of halogens is 4. The van der Waals surface area contributed by atoms with Crippen molar-refractivity contribution in [2.45, 2.75) is 31.5 Å². The Morgan fingerprint density at radius 3 is 2.71 bits per heavy atom. The third-order valence-electron chi connectivity index (χ3n) is 4.03. The van der Waals surface area contributed by atoms with Crippen LogP contribution in [-0.4, -0.2) is 30.7 Å². The molecule has 0 saturated carbocycles. The second-order valence-electron chi connectivity index (χ2n) is 5.60. The van der Waals surface area contributed by atoms with Crippen molar-refractivity contribution in [1.82, 2.24) is 4.90 Å². The average Bonchev–Trinajstić information content (AvgIpc) is 2.45. The van der Waals surface area contributed by atoms with Gasteiger partial charge in [-0.15, -0.1) is 0 Å². The van der Waals surface area contributed by atoms with Gasteiger partial charge in [-0.25, -0.2) is 0 Å². The fraction of sp³-hybridized carbons (Fsp3) is 0.600. The molecule has 0 aliphatic carbocycles. The fourth-order valence-corrected chi connectivity index (χ4v) is 3.36. The molecule has 0 amide bonds. The summed E-state index contributed by atoms with van der Waals surface area (Å²) in [5.74, 6) is -1.19. The molecule has 2 N–H and O–H groups in total. The summed E-state index contributed by atoms with van der Waals surface area (Å²) in [7, 11) is 0. The van der Waals surface area contributed by atoms with Crippen LogP contribution < -0.4 is 5.73 Å². The molecular formula is C15H20BrF3N2. The zero-order valence-corrected chi connectivity index (χ0v) is 13.3. The number of nitrogens with zero attached hydrogens (tertiary/aromatic N) is 1. The Hall–Kier alpha value is -0.590. The zero-order valence-electron chi connectivity index (χ0n) is 11.7. The normalized spacial score (nSPS) is 22.2. The third kappa shape index (κ3) is 4.69. The predicted molar refractivity (Wildman–Crippen MR) is 80.9 cm³/mol. The minimum Gasteiger partial charge on any atom is -0.324 e. The lowest BCUT2D eigenvalue weighted by molar-refractivity contribution is -0.186. The lowest BCUT2D eigenvalue weighted by Gasteiger charge is -2.34. The van der Waals surface area contributed by atoms with Crippen molar-refractivity contribution >= 4 is 15.9 Å². The summed E-state index contributed by atoms with van der Waals surface area (Å²) in [5, 5.41) is 0. The van der Waals surface area contributed by atoms with E-state index in [0.717, 1.165) is 16.6 Å². The Balaban J connectivity index is 1.87. The van der Waals surface area contributed by atoms with E-state index in [1.807, 2.05) is 29.2 Å². The molecule has 0 radical (unpaired) electrons. The molecule has 1 saturated heterocycles. The molecule has 2 unspecified atom stereocenters. The van der Waals surface area contributed by atoms with Crippen LogP contribution >= 0.6 is 15.9 Å². The maximum Gasteiger partial charge on any atom is 0.393 e. The maximum absolute atomic E-state index is 12.8. The van der Waals surface area contributed by atoms with Gasteiger partial charge < -0.3 is 10.6 Å². The molecule has 6 heteroatoms. The topological polar surface area (TPSA) is 29.3 Å². The largest absolute Gasteiger partial charge is 0.393 e. The zero-order chi connectivity index (χ0) is 15.5. The van der Waals surface area contributed by atoms with Gasteiger partial charge in [-0.05, 0) is 44.0 Å². The highest BCUT2D eigenvalue weighted by molar-refractivity contribution is 9.10. The third-order valence-corrected chi connectivity index (χ3v) is 4.75. The van der Waals surface area contributed by atoms with E-state index < -0.39 is 12.1 Å². The number of nitrogens with two attached hydrogens (primary N) is 1. The van der Waals surface area contributed by atoms with Gasteiger partial charge >= 0.3 is 6.18 Å². The first kappa shape index (κ1) is 16.8. The van der Waals surface area contributed by atoms with E-state index in [-0.39, 0.29) is 19.0 Å². The first-order chi connectivity index (χ1) is 9.88. The van der Waals surface area contributed by atoms with Crippen LogP contribution in [0.2, 0.25) is 0 Å². The van der Waals surface area contributed by atoms with E-state index in [9.17, 15) is 13.2 Å². The Morgan fingerprint density at radius 1 is 1.33 bits per heavy atom. The van der Waals surface area contributed by atoms with Gasteiger partial charge in [0.15, 0.2) is 0 Å². The fourth-order valence-electron chi connectivity index (χ4n) is 2.78. The van der Waals surface area contributed by atoms with E-state index >= 15 is 0 Å². The average molecular weight is 365 g/mol. The van der Waals surface area contributed by atoms with E-state index in [1.165, 1.54) is 0 Å². The van der Waals surface area contributed by atoms with E-state index in [1.54, 1.807) is 0 Å². The molecule has 0 bridgehead atoms. The van der Waals surface area contributed by atoms with Crippen molar-refractivity contribution < 1.29 is 13.2 Å². The van der Waals surface area contributed by atoms with Gasteiger partial charge in [0.1, 0.15) is 0 Å². The van der Waals surface area contributed by atoms with E-state index in [2.05, 4.69) is 15.9 Å². The summed E-state index contributed by atoms with van der Waals surface area (Å²) < 4.78 is 39.3. The van der Waals surface area contributed by atoms with Crippen LogP contribution in [0.25, 0.3) is 0 Å². The molecular weight excluding hydrogens is 345 g/mol. The highest BCUT2D eigenvalue weighted by Gasteiger charge is 2.41. The summed E-state index contributed by atoms with van der Waals surface area (Å²) in [5.41, 5.74) is 7.16. The van der Waals surface area contributed by atoms with Gasteiger partial charge in [0.2, 0.25) is 0 Å². The predicted octanol–water partition coefficient (Wildman–Crippen LogP) is 4.11. The summed E-state index contributed by atoms with van der Waals surface area (Å²) in [4.78, 5) is 1.89. The van der Waals surface area contributed by atoms with Crippen molar-refractivity contribution in [1.29, 1.82) is 0 Å². The van der Waals surface area contributed by atoms with Gasteiger partial charge in [-0.2, -0.15) is 13.2 Å². The van der Waals surface area contributed by atoms with Crippen LogP contribution in [0.15, 0.2) is 28.7 Å². The Bertz CT molecular complexity index is 464. The lowest BCUT2D eigenvalue weighted by atomic mass is 9.96. The lowest BCUT2D eigenvalue weighted by Crippen LogP contribution is -2.42. The summed E-state index contributed by atoms with van der Waals surface area (Å²) in [6, 6.07) is 7.55. The molecule has 118 valence electrons. The van der Waals surface area contributed by atoms with Crippen LogP contribution in [0.4, 0.5) is 13.2 Å². The Morgan fingerprint density at radius 2 is 2.05 bits per heavy atom. The molecule has 2 rings (SSSR count). The minimum absolute atomic E-state index is 0.103. The van der Waals surface area contributed by atoms with Crippen molar-refractivity contribution in [3.63, 3.8) is 0 Å². The highest BCUT2D eigenvalue weighted by Crippen LogP contribution is 2.33. The number of likely N-dealkylation sites (tertiary alicyclic amines) is 1. The Kier molecular flexibility index (Phi) is 5.68. The number of rotatable bonds is 4. The second kappa shape index (κ2) is 7.11. The standard InChI is InChI=1S/C15H20BrF3N2/c16-13-6-2-1-5-12(13)14(20)7-9-21-8-3-4-11(10-21)15(17,18)19/h1-2,5-6,11,14H,3-4,7-10,20H2. The SMILES string of the molecule is NC(CCN1CCCC(C(F)(F)F)C1)c1ccccc1Br. The quantitative estimate of drug-likeness (QED) is 0.870. The first-order valence-electron chi connectivity index (χ1n) is 7.17. The van der Waals surface area contributed by atoms with E-state index in [4.69, 9.17) is 5.73 Å². The van der Waals surface area contributed by atoms with Gasteiger partial charge in [0, 0.05) is 17.1 Å². The monoisotopic (exact) mass is 364 g/mol. The molecule has 0 spiro atoms. The summed E-state index contributed by atoms with van der Waals surface area (Å²) in [6.45, 7) is 1.44. The minimum atomic E-state index is -4.08. The van der Waals surface area contributed by atoms with Gasteiger partial charge in [0.05, 0.1) is 5.92 Å². The molecule has 0 aromatic heterocycles. The highest BCUT2D eigenvalue weighted by atomic mass is 79.9. The molecule has 1 aromatic rings. The van der Waals surface area contributed by atoms with Crippen molar-refractivity contribution in [2.24, 2.45) is 11.7 Å². The van der Waals surface area contributed by atoms with Crippen LogP contribution in [0.5, 0.6) is 0 Å². The molecule has 2 atom stereocenters. The van der Waals surface area contributed by atoms with Crippen LogP contribution in [0, 0.1) is 5.92 Å². The van der Waals surface area contributed by atoms with Gasteiger partial charge in [-0.3, -0.25) is 0 Å². The number of hydrogen-bond acceptors (Lipinski definition) is 2. The molecule has 1 fully saturated rings. The van der Waals surface area contributed by atoms with Crippen molar-refractivity contribution in [2.75, 3.05) is 19.6 Å². The molecule has 1 aliphatic heterocycles. The van der Waals surface area contributed by atoms with Crippen LogP contribution in [-0.2, 0) is 0 Å². The molecule has 1 aliphatic rings. The van der Waals surface area contributed by atoms with Crippen LogP contribution in [0.1, 0.15) is 30.9 Å². The Labute approximate surface area is 131 Å². The number of hydrogen-bond donors (Lipinski definition) is 1. The molecule has 1 aromatic carbocycles. The maximum atomic E-state index is 12.8. The van der Waals surface area contributed by atoms with Crippen molar-refractivity contribution in [3.8, 4) is 0 Å². The summed E-state index contributed by atoms with van der Waals surface area (Å²) >= 11 is 3.46. The number of alkyl halides is 3.